The Morgan fingerprint density at radius 1 is 1.41 bits per heavy atom. The Bertz CT molecular complexity index is 324. The summed E-state index contributed by atoms with van der Waals surface area (Å²) < 4.78 is 5.20. The molecule has 0 saturated carbocycles. The lowest BCUT2D eigenvalue weighted by atomic mass is 9.90. The van der Waals surface area contributed by atoms with Gasteiger partial charge in [-0.15, -0.1) is 0 Å². The second-order valence-electron chi connectivity index (χ2n) is 5.57. The van der Waals surface area contributed by atoms with E-state index in [1.54, 1.807) is 20.8 Å². The van der Waals surface area contributed by atoms with Crippen molar-refractivity contribution in [3.05, 3.63) is 0 Å². The van der Waals surface area contributed by atoms with Gasteiger partial charge in [-0.3, -0.25) is 0 Å². The Labute approximate surface area is 101 Å². The maximum Gasteiger partial charge on any atom is 0.410 e. The number of likely N-dealkylation sites (tertiary alicyclic amines) is 1. The Hall–Kier alpha value is -1.30. The minimum atomic E-state index is -1.22. The highest BCUT2D eigenvalue weighted by Crippen LogP contribution is 2.19. The monoisotopic (exact) mass is 244 g/mol. The van der Waals surface area contributed by atoms with Crippen LogP contribution in [0.2, 0.25) is 0 Å². The summed E-state index contributed by atoms with van der Waals surface area (Å²) in [6, 6.07) is 0. The Balaban J connectivity index is 2.67. The van der Waals surface area contributed by atoms with Crippen LogP contribution >= 0.6 is 0 Å². The molecule has 0 unspecified atom stereocenters. The second kappa shape index (κ2) is 4.52. The minimum Gasteiger partial charge on any atom is -0.544 e. The first kappa shape index (κ1) is 13.8. The third-order valence-electron chi connectivity index (χ3n) is 2.66. The number of amides is 1. The van der Waals surface area contributed by atoms with Gasteiger partial charge in [0.1, 0.15) is 11.6 Å². The van der Waals surface area contributed by atoms with Gasteiger partial charge in [-0.05, 0) is 27.2 Å². The molecule has 0 aromatic heterocycles. The molecule has 0 bridgehead atoms. The first-order chi connectivity index (χ1) is 7.64. The van der Waals surface area contributed by atoms with Crippen molar-refractivity contribution in [1.82, 2.24) is 4.90 Å². The molecule has 1 atom stereocenters. The number of quaternary nitrogens is 1. The highest BCUT2D eigenvalue weighted by atomic mass is 16.6. The predicted molar refractivity (Wildman–Crippen MR) is 57.7 cm³/mol. The van der Waals surface area contributed by atoms with Crippen LogP contribution in [0.3, 0.4) is 0 Å². The molecular weight excluding hydrogens is 224 g/mol. The molecule has 0 spiro atoms. The summed E-state index contributed by atoms with van der Waals surface area (Å²) in [7, 11) is 0. The first-order valence-electron chi connectivity index (χ1n) is 5.69. The molecule has 1 heterocycles. The molecule has 6 nitrogen and oxygen atoms in total. The molecule has 0 aliphatic carbocycles. The Morgan fingerprint density at radius 2 is 2.00 bits per heavy atom. The number of carbonyl (C=O) groups is 2. The van der Waals surface area contributed by atoms with Crippen molar-refractivity contribution in [2.45, 2.75) is 44.8 Å². The van der Waals surface area contributed by atoms with Crippen molar-refractivity contribution < 1.29 is 25.2 Å². The van der Waals surface area contributed by atoms with Crippen molar-refractivity contribution in [2.24, 2.45) is 0 Å². The number of ether oxygens (including phenoxy) is 1. The number of carbonyl (C=O) groups excluding carboxylic acids is 2. The molecule has 1 saturated heterocycles. The Morgan fingerprint density at radius 3 is 2.47 bits per heavy atom. The van der Waals surface area contributed by atoms with Gasteiger partial charge >= 0.3 is 6.09 Å². The van der Waals surface area contributed by atoms with Crippen molar-refractivity contribution in [3.63, 3.8) is 0 Å². The van der Waals surface area contributed by atoms with Gasteiger partial charge < -0.3 is 25.3 Å². The molecule has 1 amide bonds. The van der Waals surface area contributed by atoms with Crippen LogP contribution in [-0.2, 0) is 9.53 Å². The number of rotatable bonds is 1. The molecule has 1 rings (SSSR count). The van der Waals surface area contributed by atoms with Gasteiger partial charge in [0.15, 0.2) is 5.54 Å². The standard InChI is InChI=1S/C11H20N2O4/c1-10(2,3)17-9(16)13-6-4-5-11(12,7-13)8(14)15/h4-7,12H2,1-3H3,(H,14,15)/t11-/m0/s1. The quantitative estimate of drug-likeness (QED) is 0.623. The van der Waals surface area contributed by atoms with Crippen LogP contribution in [0.5, 0.6) is 0 Å². The summed E-state index contributed by atoms with van der Waals surface area (Å²) >= 11 is 0. The topological polar surface area (TPSA) is 97.3 Å². The molecule has 1 fully saturated rings. The van der Waals surface area contributed by atoms with Crippen LogP contribution < -0.4 is 10.8 Å². The van der Waals surface area contributed by atoms with Crippen LogP contribution in [0.4, 0.5) is 4.79 Å². The zero-order chi connectivity index (χ0) is 13.3. The van der Waals surface area contributed by atoms with E-state index in [0.29, 0.717) is 19.4 Å². The molecule has 0 aromatic carbocycles. The number of nitrogens with zero attached hydrogens (tertiary/aromatic N) is 1. The molecule has 0 aromatic rings. The van der Waals surface area contributed by atoms with Gasteiger partial charge in [0.2, 0.25) is 0 Å². The summed E-state index contributed by atoms with van der Waals surface area (Å²) in [6.45, 7) is 5.85. The summed E-state index contributed by atoms with van der Waals surface area (Å²) in [6.07, 6.45) is 0.525. The van der Waals surface area contributed by atoms with E-state index in [-0.39, 0.29) is 6.54 Å². The highest BCUT2D eigenvalue weighted by molar-refractivity contribution is 5.77. The molecule has 1 aliphatic rings. The smallest absolute Gasteiger partial charge is 0.410 e. The fraction of sp³-hybridized carbons (Fsp3) is 0.818. The summed E-state index contributed by atoms with van der Waals surface area (Å²) in [5.74, 6) is -1.22. The first-order valence-corrected chi connectivity index (χ1v) is 5.69. The van der Waals surface area contributed by atoms with Crippen molar-refractivity contribution in [2.75, 3.05) is 13.1 Å². The number of hydrogen-bond donors (Lipinski definition) is 1. The van der Waals surface area contributed by atoms with Gasteiger partial charge in [-0.1, -0.05) is 0 Å². The second-order valence-corrected chi connectivity index (χ2v) is 5.57. The number of hydrogen-bond acceptors (Lipinski definition) is 4. The maximum atomic E-state index is 11.8. The van der Waals surface area contributed by atoms with E-state index in [0.717, 1.165) is 0 Å². The zero-order valence-corrected chi connectivity index (χ0v) is 10.6. The van der Waals surface area contributed by atoms with Crippen molar-refractivity contribution >= 4 is 12.1 Å². The maximum absolute atomic E-state index is 11.8. The largest absolute Gasteiger partial charge is 0.544 e. The SMILES string of the molecule is CC(C)(C)OC(=O)N1CCC[C@@]([NH3+])(C(=O)[O-])C1. The van der Waals surface area contributed by atoms with Crippen LogP contribution in [0.1, 0.15) is 33.6 Å². The third-order valence-corrected chi connectivity index (χ3v) is 2.66. The van der Waals surface area contributed by atoms with E-state index in [1.807, 2.05) is 0 Å². The fourth-order valence-corrected chi connectivity index (χ4v) is 1.78. The lowest BCUT2D eigenvalue weighted by Crippen LogP contribution is -2.84. The van der Waals surface area contributed by atoms with Crippen LogP contribution in [0.15, 0.2) is 0 Å². The predicted octanol–water partition coefficient (Wildman–Crippen LogP) is -1.25. The fourth-order valence-electron chi connectivity index (χ4n) is 1.78. The van der Waals surface area contributed by atoms with Crippen LogP contribution in [-0.4, -0.2) is 41.2 Å². The van der Waals surface area contributed by atoms with Crippen molar-refractivity contribution in [1.29, 1.82) is 0 Å². The van der Waals surface area contributed by atoms with Crippen molar-refractivity contribution in [3.8, 4) is 0 Å². The third kappa shape index (κ3) is 3.59. The molecular formula is C11H20N2O4. The van der Waals surface area contributed by atoms with Gasteiger partial charge in [0.05, 0.1) is 6.54 Å². The highest BCUT2D eigenvalue weighted by Gasteiger charge is 2.39. The van der Waals surface area contributed by atoms with E-state index >= 15 is 0 Å². The number of piperidine rings is 1. The zero-order valence-electron chi connectivity index (χ0n) is 10.6. The van der Waals surface area contributed by atoms with Crippen LogP contribution in [0, 0.1) is 0 Å². The van der Waals surface area contributed by atoms with E-state index in [4.69, 9.17) is 4.74 Å². The molecule has 17 heavy (non-hydrogen) atoms. The number of carboxylic acid groups (broad SMARTS) is 1. The Kier molecular flexibility index (Phi) is 3.66. The van der Waals surface area contributed by atoms with E-state index < -0.39 is 23.2 Å². The lowest BCUT2D eigenvalue weighted by Gasteiger charge is -2.38. The normalized spacial score (nSPS) is 25.5. The van der Waals surface area contributed by atoms with Gasteiger partial charge in [-0.2, -0.15) is 0 Å². The molecule has 3 N–H and O–H groups in total. The average Bonchev–Trinajstić information content (AvgIpc) is 2.15. The van der Waals surface area contributed by atoms with Gasteiger partial charge in [0, 0.05) is 13.0 Å². The summed E-state index contributed by atoms with van der Waals surface area (Å²) in [5.41, 5.74) is 1.85. The summed E-state index contributed by atoms with van der Waals surface area (Å²) in [5, 5.41) is 11.0. The molecule has 0 radical (unpaired) electrons. The van der Waals surface area contributed by atoms with Gasteiger partial charge in [-0.25, -0.2) is 4.79 Å². The number of aliphatic carboxylic acids is 1. The molecule has 98 valence electrons. The summed E-state index contributed by atoms with van der Waals surface area (Å²) in [4.78, 5) is 24.2. The van der Waals surface area contributed by atoms with E-state index in [9.17, 15) is 14.7 Å². The minimum absolute atomic E-state index is 0.0459. The lowest BCUT2D eigenvalue weighted by molar-refractivity contribution is -0.491. The van der Waals surface area contributed by atoms with E-state index in [2.05, 4.69) is 5.73 Å². The van der Waals surface area contributed by atoms with Crippen LogP contribution in [0.25, 0.3) is 0 Å². The average molecular weight is 244 g/mol. The molecule has 6 heteroatoms. The van der Waals surface area contributed by atoms with Gasteiger partial charge in [0.25, 0.3) is 0 Å². The van der Waals surface area contributed by atoms with E-state index in [1.165, 1.54) is 4.90 Å². The number of carboxylic acids is 1. The molecule has 1 aliphatic heterocycles.